The molecule has 0 spiro atoms. The van der Waals surface area contributed by atoms with E-state index in [4.69, 9.17) is 9.47 Å². The van der Waals surface area contributed by atoms with Gasteiger partial charge in [0.2, 0.25) is 6.79 Å². The molecule has 0 saturated carbocycles. The molecular weight excluding hydrogens is 361 g/mol. The van der Waals surface area contributed by atoms with Crippen molar-refractivity contribution in [2.75, 3.05) is 17.4 Å². The molecule has 0 radical (unpaired) electrons. The van der Waals surface area contributed by atoms with Crippen LogP contribution in [0.2, 0.25) is 0 Å². The first kappa shape index (κ1) is 17.0. The number of alkyl halides is 3. The van der Waals surface area contributed by atoms with Crippen LogP contribution in [0.5, 0.6) is 11.5 Å². The van der Waals surface area contributed by atoms with E-state index in [1.165, 1.54) is 30.6 Å². The van der Waals surface area contributed by atoms with Gasteiger partial charge < -0.3 is 20.1 Å². The zero-order chi connectivity index (χ0) is 18.9. The lowest BCUT2D eigenvalue weighted by atomic mass is 10.1. The molecule has 6 nitrogen and oxygen atoms in total. The fourth-order valence-corrected chi connectivity index (χ4v) is 2.59. The Morgan fingerprint density at radius 1 is 0.852 bits per heavy atom. The largest absolute Gasteiger partial charge is 0.454 e. The van der Waals surface area contributed by atoms with Crippen LogP contribution in [0.3, 0.4) is 0 Å². The van der Waals surface area contributed by atoms with E-state index in [0.29, 0.717) is 23.0 Å². The molecule has 138 valence electrons. The maximum absolute atomic E-state index is 13.1. The first-order valence-corrected chi connectivity index (χ1v) is 7.91. The number of hydrogen-bond acceptors (Lipinski definition) is 6. The van der Waals surface area contributed by atoms with Crippen LogP contribution >= 0.6 is 0 Å². The summed E-state index contributed by atoms with van der Waals surface area (Å²) in [4.78, 5) is 8.07. The quantitative estimate of drug-likeness (QED) is 0.689. The van der Waals surface area contributed by atoms with Crippen LogP contribution in [-0.4, -0.2) is 16.8 Å². The Balaban J connectivity index is 1.55. The van der Waals surface area contributed by atoms with Crippen molar-refractivity contribution < 1.29 is 22.6 Å². The summed E-state index contributed by atoms with van der Waals surface area (Å²) in [7, 11) is 0. The number of nitrogens with zero attached hydrogens (tertiary/aromatic N) is 2. The minimum atomic E-state index is -4.47. The molecule has 2 aromatic carbocycles. The fourth-order valence-electron chi connectivity index (χ4n) is 2.59. The van der Waals surface area contributed by atoms with Gasteiger partial charge in [-0.3, -0.25) is 0 Å². The highest BCUT2D eigenvalue weighted by atomic mass is 19.4. The predicted molar refractivity (Wildman–Crippen MR) is 92.6 cm³/mol. The monoisotopic (exact) mass is 374 g/mol. The molecule has 1 aromatic heterocycles. The average molecular weight is 374 g/mol. The molecule has 9 heteroatoms. The zero-order valence-electron chi connectivity index (χ0n) is 13.7. The molecule has 3 aromatic rings. The lowest BCUT2D eigenvalue weighted by molar-refractivity contribution is -0.136. The first-order chi connectivity index (χ1) is 13.0. The number of halogens is 3. The van der Waals surface area contributed by atoms with E-state index in [2.05, 4.69) is 20.6 Å². The van der Waals surface area contributed by atoms with E-state index in [1.807, 2.05) is 0 Å². The Morgan fingerprint density at radius 2 is 1.59 bits per heavy atom. The molecule has 1 aliphatic heterocycles. The minimum Gasteiger partial charge on any atom is -0.454 e. The summed E-state index contributed by atoms with van der Waals surface area (Å²) in [6.07, 6.45) is -3.21. The van der Waals surface area contributed by atoms with Gasteiger partial charge in [0.25, 0.3) is 0 Å². The van der Waals surface area contributed by atoms with Crippen molar-refractivity contribution in [2.24, 2.45) is 0 Å². The van der Waals surface area contributed by atoms with Crippen molar-refractivity contribution in [1.82, 2.24) is 9.97 Å². The number of fused-ring (bicyclic) bond motifs is 1. The topological polar surface area (TPSA) is 68.3 Å². The first-order valence-electron chi connectivity index (χ1n) is 7.91. The number of benzene rings is 2. The molecule has 4 rings (SSSR count). The smallest absolute Gasteiger partial charge is 0.418 e. The number of aromatic nitrogens is 2. The molecule has 0 atom stereocenters. The van der Waals surface area contributed by atoms with Gasteiger partial charge in [-0.2, -0.15) is 13.2 Å². The summed E-state index contributed by atoms with van der Waals surface area (Å²) in [5.74, 6) is 1.89. The lowest BCUT2D eigenvalue weighted by Gasteiger charge is -2.14. The van der Waals surface area contributed by atoms with Crippen molar-refractivity contribution in [2.45, 2.75) is 6.18 Å². The highest BCUT2D eigenvalue weighted by molar-refractivity contribution is 5.66. The van der Waals surface area contributed by atoms with Crippen molar-refractivity contribution in [3.8, 4) is 11.5 Å². The molecule has 0 bridgehead atoms. The molecule has 0 fully saturated rings. The fraction of sp³-hybridized carbons (Fsp3) is 0.111. The van der Waals surface area contributed by atoms with E-state index < -0.39 is 11.7 Å². The normalized spacial score (nSPS) is 12.7. The number of ether oxygens (including phenoxy) is 2. The second kappa shape index (κ2) is 6.67. The van der Waals surface area contributed by atoms with Crippen LogP contribution in [0.1, 0.15) is 5.56 Å². The van der Waals surface area contributed by atoms with Gasteiger partial charge in [-0.15, -0.1) is 0 Å². The molecule has 1 aliphatic rings. The van der Waals surface area contributed by atoms with Crippen molar-refractivity contribution >= 4 is 23.0 Å². The van der Waals surface area contributed by atoms with E-state index in [0.717, 1.165) is 6.07 Å². The lowest BCUT2D eigenvalue weighted by Crippen LogP contribution is -2.09. The van der Waals surface area contributed by atoms with Crippen LogP contribution in [0.15, 0.2) is 54.9 Å². The Morgan fingerprint density at radius 3 is 2.41 bits per heavy atom. The number of para-hydroxylation sites is 1. The van der Waals surface area contributed by atoms with Crippen LogP contribution in [-0.2, 0) is 6.18 Å². The summed E-state index contributed by atoms with van der Waals surface area (Å²) in [5, 5.41) is 5.75. The molecule has 0 saturated heterocycles. The molecular formula is C18H13F3N4O2. The van der Waals surface area contributed by atoms with Gasteiger partial charge in [0, 0.05) is 17.8 Å². The van der Waals surface area contributed by atoms with E-state index in [1.54, 1.807) is 18.2 Å². The third-order valence-corrected chi connectivity index (χ3v) is 3.81. The summed E-state index contributed by atoms with van der Waals surface area (Å²) in [6, 6.07) is 12.0. The van der Waals surface area contributed by atoms with Crippen LogP contribution < -0.4 is 20.1 Å². The van der Waals surface area contributed by atoms with Crippen molar-refractivity contribution in [3.63, 3.8) is 0 Å². The molecule has 2 N–H and O–H groups in total. The second-order valence-electron chi connectivity index (χ2n) is 5.65. The van der Waals surface area contributed by atoms with E-state index in [9.17, 15) is 13.2 Å². The van der Waals surface area contributed by atoms with Gasteiger partial charge in [-0.05, 0) is 24.3 Å². The number of rotatable bonds is 4. The SMILES string of the molecule is FC(F)(F)c1ccccc1Nc1cc(Nc2ccc3c(c2)OCO3)ncn1. The second-order valence-corrected chi connectivity index (χ2v) is 5.65. The summed E-state index contributed by atoms with van der Waals surface area (Å²) in [6.45, 7) is 0.166. The highest BCUT2D eigenvalue weighted by Crippen LogP contribution is 2.36. The van der Waals surface area contributed by atoms with Gasteiger partial charge >= 0.3 is 6.18 Å². The summed E-state index contributed by atoms with van der Waals surface area (Å²) in [5.41, 5.74) is -0.161. The number of hydrogen-bond donors (Lipinski definition) is 2. The predicted octanol–water partition coefficient (Wildman–Crippen LogP) is 4.71. The molecule has 0 amide bonds. The number of nitrogens with one attached hydrogen (secondary N) is 2. The van der Waals surface area contributed by atoms with Gasteiger partial charge in [0.15, 0.2) is 11.5 Å². The molecule has 27 heavy (non-hydrogen) atoms. The zero-order valence-corrected chi connectivity index (χ0v) is 13.7. The Hall–Kier alpha value is -3.49. The maximum Gasteiger partial charge on any atom is 0.418 e. The van der Waals surface area contributed by atoms with Gasteiger partial charge in [-0.1, -0.05) is 12.1 Å². The van der Waals surface area contributed by atoms with Crippen LogP contribution in [0.4, 0.5) is 36.2 Å². The van der Waals surface area contributed by atoms with Gasteiger partial charge in [0.05, 0.1) is 11.3 Å². The molecule has 0 aliphatic carbocycles. The van der Waals surface area contributed by atoms with Crippen LogP contribution in [0, 0.1) is 0 Å². The van der Waals surface area contributed by atoms with Crippen molar-refractivity contribution in [3.05, 3.63) is 60.4 Å². The Labute approximate surface area is 152 Å². The third-order valence-electron chi connectivity index (χ3n) is 3.81. The van der Waals surface area contributed by atoms with E-state index in [-0.39, 0.29) is 18.3 Å². The number of anilines is 4. The molecule has 2 heterocycles. The van der Waals surface area contributed by atoms with Crippen LogP contribution in [0.25, 0.3) is 0 Å². The Kier molecular flexibility index (Phi) is 4.19. The maximum atomic E-state index is 13.1. The third kappa shape index (κ3) is 3.71. The van der Waals surface area contributed by atoms with Crippen molar-refractivity contribution in [1.29, 1.82) is 0 Å². The Bertz CT molecular complexity index is 979. The van der Waals surface area contributed by atoms with Gasteiger partial charge in [0.1, 0.15) is 18.0 Å². The van der Waals surface area contributed by atoms with E-state index >= 15 is 0 Å². The molecule has 0 unspecified atom stereocenters. The highest BCUT2D eigenvalue weighted by Gasteiger charge is 2.33. The minimum absolute atomic E-state index is 0.0854. The van der Waals surface area contributed by atoms with Gasteiger partial charge in [-0.25, -0.2) is 9.97 Å². The standard InChI is InChI=1S/C18H13F3N4O2/c19-18(20,21)12-3-1-2-4-13(12)25-17-8-16(22-9-23-17)24-11-5-6-14-15(7-11)27-10-26-14/h1-9H,10H2,(H2,22,23,24,25). The summed E-state index contributed by atoms with van der Waals surface area (Å²) < 4.78 is 49.9. The summed E-state index contributed by atoms with van der Waals surface area (Å²) >= 11 is 0. The average Bonchev–Trinajstić information content (AvgIpc) is 3.09.